The molecule has 0 bridgehead atoms. The molecule has 0 aliphatic carbocycles. The molecule has 0 aliphatic heterocycles. The highest BCUT2D eigenvalue weighted by Crippen LogP contribution is 2.16. The quantitative estimate of drug-likeness (QED) is 0.832. The molecule has 0 spiro atoms. The Morgan fingerprint density at radius 2 is 2.05 bits per heavy atom. The van der Waals surface area contributed by atoms with Gasteiger partial charge in [-0.2, -0.15) is 0 Å². The molecule has 1 rings (SSSR count). The summed E-state index contributed by atoms with van der Waals surface area (Å²) in [6.45, 7) is 3.88. The number of nitrogens with zero attached hydrogens (tertiary/aromatic N) is 2. The average Bonchev–Trinajstić information content (AvgIpc) is 2.45. The molecule has 0 aromatic carbocycles. The monoisotopic (exact) mass is 279 g/mol. The molecule has 1 aromatic heterocycles. The van der Waals surface area contributed by atoms with Crippen LogP contribution in [0, 0.1) is 0 Å². The molecule has 0 atom stereocenters. The highest BCUT2D eigenvalue weighted by molar-refractivity contribution is 5.86. The lowest BCUT2D eigenvalue weighted by Crippen LogP contribution is -2.56. The number of nitrogens with one attached hydrogen (secondary N) is 1. The summed E-state index contributed by atoms with van der Waals surface area (Å²) in [5.41, 5.74) is -0.320. The van der Waals surface area contributed by atoms with Gasteiger partial charge in [0.1, 0.15) is 5.54 Å². The molecular weight excluding hydrogens is 258 g/mol. The fraction of sp³-hybridized carbons (Fsp3) is 0.500. The molecule has 0 saturated heterocycles. The van der Waals surface area contributed by atoms with Gasteiger partial charge in [0.15, 0.2) is 0 Å². The Morgan fingerprint density at radius 3 is 2.50 bits per heavy atom. The third kappa shape index (κ3) is 3.69. The first-order chi connectivity index (χ1) is 9.45. The second-order valence-corrected chi connectivity index (χ2v) is 4.74. The highest BCUT2D eigenvalue weighted by Gasteiger charge is 2.37. The molecule has 2 N–H and O–H groups in total. The molecule has 0 saturated carbocycles. The molecule has 0 fully saturated rings. The number of carbonyl (C=O) groups is 2. The summed E-state index contributed by atoms with van der Waals surface area (Å²) >= 11 is 0. The van der Waals surface area contributed by atoms with E-state index in [1.54, 1.807) is 39.4 Å². The van der Waals surface area contributed by atoms with Crippen LogP contribution in [0.4, 0.5) is 4.79 Å². The second-order valence-electron chi connectivity index (χ2n) is 4.74. The van der Waals surface area contributed by atoms with Gasteiger partial charge in [0, 0.05) is 26.0 Å². The molecule has 1 heterocycles. The number of carbonyl (C=O) groups excluding carboxylic acids is 1. The van der Waals surface area contributed by atoms with Gasteiger partial charge in [0.2, 0.25) is 0 Å². The molecule has 6 nitrogen and oxygen atoms in total. The van der Waals surface area contributed by atoms with E-state index >= 15 is 0 Å². The van der Waals surface area contributed by atoms with Crippen molar-refractivity contribution >= 4 is 12.0 Å². The maximum atomic E-state index is 12.1. The minimum atomic E-state index is -1.21. The van der Waals surface area contributed by atoms with Crippen LogP contribution in [0.1, 0.15) is 32.3 Å². The summed E-state index contributed by atoms with van der Waals surface area (Å²) in [6.07, 6.45) is 4.01. The molecule has 0 radical (unpaired) electrons. The highest BCUT2D eigenvalue weighted by atomic mass is 16.4. The number of aliphatic carboxylic acids is 1. The number of aromatic nitrogens is 1. The van der Waals surface area contributed by atoms with Crippen molar-refractivity contribution in [1.82, 2.24) is 15.2 Å². The van der Waals surface area contributed by atoms with E-state index in [9.17, 15) is 14.7 Å². The maximum absolute atomic E-state index is 12.1. The minimum absolute atomic E-state index is 0.339. The van der Waals surface area contributed by atoms with E-state index in [1.807, 2.05) is 6.07 Å². The van der Waals surface area contributed by atoms with Gasteiger partial charge in [-0.25, -0.2) is 9.59 Å². The fourth-order valence-electron chi connectivity index (χ4n) is 1.92. The molecule has 6 heteroatoms. The summed E-state index contributed by atoms with van der Waals surface area (Å²) < 4.78 is 0. The zero-order valence-electron chi connectivity index (χ0n) is 12.1. The molecule has 20 heavy (non-hydrogen) atoms. The van der Waals surface area contributed by atoms with Crippen LogP contribution in [0.5, 0.6) is 0 Å². The number of urea groups is 1. The molecule has 0 aliphatic rings. The third-order valence-corrected chi connectivity index (χ3v) is 3.45. The molecule has 1 aromatic rings. The Hall–Kier alpha value is -2.11. The van der Waals surface area contributed by atoms with E-state index in [0.29, 0.717) is 19.4 Å². The van der Waals surface area contributed by atoms with E-state index < -0.39 is 17.5 Å². The molecule has 110 valence electrons. The van der Waals surface area contributed by atoms with Crippen molar-refractivity contribution in [1.29, 1.82) is 0 Å². The first-order valence-corrected chi connectivity index (χ1v) is 6.60. The summed E-state index contributed by atoms with van der Waals surface area (Å²) in [4.78, 5) is 28.9. The normalized spacial score (nSPS) is 10.9. The lowest BCUT2D eigenvalue weighted by Gasteiger charge is -2.30. The summed E-state index contributed by atoms with van der Waals surface area (Å²) in [7, 11) is 1.63. The van der Waals surface area contributed by atoms with Crippen LogP contribution in [0.3, 0.4) is 0 Å². The van der Waals surface area contributed by atoms with Crippen molar-refractivity contribution in [3.05, 3.63) is 30.1 Å². The smallest absolute Gasteiger partial charge is 0.329 e. The van der Waals surface area contributed by atoms with Gasteiger partial charge < -0.3 is 15.3 Å². The van der Waals surface area contributed by atoms with Gasteiger partial charge in [-0.05, 0) is 24.5 Å². The van der Waals surface area contributed by atoms with Crippen molar-refractivity contribution in [3.8, 4) is 0 Å². The van der Waals surface area contributed by atoms with Gasteiger partial charge in [-0.15, -0.1) is 0 Å². The summed E-state index contributed by atoms with van der Waals surface area (Å²) in [5.74, 6) is -1.01. The van der Waals surface area contributed by atoms with Crippen molar-refractivity contribution in [2.75, 3.05) is 7.05 Å². The van der Waals surface area contributed by atoms with E-state index in [1.165, 1.54) is 4.90 Å². The Labute approximate surface area is 118 Å². The standard InChI is InChI=1S/C14H21N3O3/c1-4-14(5-2,12(18)19)16-13(20)17(3)10-11-7-6-8-15-9-11/h6-9H,4-5,10H2,1-3H3,(H,16,20)(H,18,19). The number of pyridine rings is 1. The minimum Gasteiger partial charge on any atom is -0.480 e. The zero-order valence-corrected chi connectivity index (χ0v) is 12.1. The summed E-state index contributed by atoms with van der Waals surface area (Å²) in [6, 6.07) is 3.25. The van der Waals surface area contributed by atoms with Gasteiger partial charge in [0.25, 0.3) is 0 Å². The predicted molar refractivity (Wildman–Crippen MR) is 75.2 cm³/mol. The van der Waals surface area contributed by atoms with Crippen molar-refractivity contribution < 1.29 is 14.7 Å². The van der Waals surface area contributed by atoms with Crippen LogP contribution in [0.25, 0.3) is 0 Å². The lowest BCUT2D eigenvalue weighted by molar-refractivity contribution is -0.144. The summed E-state index contributed by atoms with van der Waals surface area (Å²) in [5, 5.41) is 11.9. The Bertz CT molecular complexity index is 458. The first-order valence-electron chi connectivity index (χ1n) is 6.60. The van der Waals surface area contributed by atoms with Gasteiger partial charge in [-0.3, -0.25) is 4.98 Å². The van der Waals surface area contributed by atoms with Crippen LogP contribution < -0.4 is 5.32 Å². The van der Waals surface area contributed by atoms with E-state index in [4.69, 9.17) is 0 Å². The van der Waals surface area contributed by atoms with Crippen LogP contribution in [0.2, 0.25) is 0 Å². The van der Waals surface area contributed by atoms with E-state index in [0.717, 1.165) is 5.56 Å². The fourth-order valence-corrected chi connectivity index (χ4v) is 1.92. The third-order valence-electron chi connectivity index (χ3n) is 3.45. The second kappa shape index (κ2) is 6.88. The maximum Gasteiger partial charge on any atom is 0.329 e. The van der Waals surface area contributed by atoms with Crippen LogP contribution in [-0.4, -0.2) is 39.6 Å². The lowest BCUT2D eigenvalue weighted by atomic mass is 9.93. The van der Waals surface area contributed by atoms with Crippen molar-refractivity contribution in [2.24, 2.45) is 0 Å². The SMILES string of the molecule is CCC(CC)(NC(=O)N(C)Cc1cccnc1)C(=O)O. The van der Waals surface area contributed by atoms with Gasteiger partial charge in [0.05, 0.1) is 0 Å². The van der Waals surface area contributed by atoms with Crippen LogP contribution in [-0.2, 0) is 11.3 Å². The number of carboxylic acids is 1. The van der Waals surface area contributed by atoms with Crippen molar-refractivity contribution in [2.45, 2.75) is 38.8 Å². The number of hydrogen-bond acceptors (Lipinski definition) is 3. The van der Waals surface area contributed by atoms with Gasteiger partial charge >= 0.3 is 12.0 Å². The van der Waals surface area contributed by atoms with E-state index in [-0.39, 0.29) is 0 Å². The molecule has 0 unspecified atom stereocenters. The van der Waals surface area contributed by atoms with Crippen molar-refractivity contribution in [3.63, 3.8) is 0 Å². The first kappa shape index (κ1) is 15.9. The Balaban J connectivity index is 2.72. The van der Waals surface area contributed by atoms with E-state index in [2.05, 4.69) is 10.3 Å². The zero-order chi connectivity index (χ0) is 15.2. The van der Waals surface area contributed by atoms with Gasteiger partial charge in [-0.1, -0.05) is 19.9 Å². The number of amides is 2. The average molecular weight is 279 g/mol. The predicted octanol–water partition coefficient (Wildman–Crippen LogP) is 1.87. The number of hydrogen-bond donors (Lipinski definition) is 2. The Kier molecular flexibility index (Phi) is 5.49. The number of carboxylic acid groups (broad SMARTS) is 1. The number of rotatable bonds is 6. The molecule has 2 amide bonds. The van der Waals surface area contributed by atoms with Crippen LogP contribution >= 0.6 is 0 Å². The van der Waals surface area contributed by atoms with Crippen LogP contribution in [0.15, 0.2) is 24.5 Å². The topological polar surface area (TPSA) is 82.5 Å². The largest absolute Gasteiger partial charge is 0.480 e. The molecular formula is C14H21N3O3. The Morgan fingerprint density at radius 1 is 1.40 bits per heavy atom.